The van der Waals surface area contributed by atoms with Gasteiger partial charge in [0.05, 0.1) is 0 Å². The summed E-state index contributed by atoms with van der Waals surface area (Å²) in [4.78, 5) is 0.215. The van der Waals surface area contributed by atoms with E-state index in [-0.39, 0.29) is 16.7 Å². The van der Waals surface area contributed by atoms with Crippen molar-refractivity contribution in [1.29, 1.82) is 0 Å². The molecule has 1 aliphatic rings. The zero-order chi connectivity index (χ0) is 12.5. The second kappa shape index (κ2) is 4.53. The fourth-order valence-electron chi connectivity index (χ4n) is 2.30. The van der Waals surface area contributed by atoms with Gasteiger partial charge in [-0.15, -0.1) is 0 Å². The fraction of sp³-hybridized carbons (Fsp3) is 0.500. The van der Waals surface area contributed by atoms with E-state index in [1.807, 2.05) is 6.07 Å². The summed E-state index contributed by atoms with van der Waals surface area (Å²) in [6.07, 6.45) is 3.81. The summed E-state index contributed by atoms with van der Waals surface area (Å²) in [5.41, 5.74) is 2.38. The maximum atomic E-state index is 12.3. The van der Waals surface area contributed by atoms with E-state index in [1.54, 1.807) is 12.1 Å². The average Bonchev–Trinajstić information content (AvgIpc) is 2.64. The third-order valence-electron chi connectivity index (χ3n) is 3.14. The van der Waals surface area contributed by atoms with Gasteiger partial charge in [-0.05, 0) is 42.3 Å². The van der Waals surface area contributed by atoms with Crippen LogP contribution in [0.3, 0.4) is 0 Å². The van der Waals surface area contributed by atoms with Gasteiger partial charge in [0.25, 0.3) is 0 Å². The van der Waals surface area contributed by atoms with Crippen LogP contribution in [0, 0.1) is 0 Å². The number of nitrogens with two attached hydrogens (primary N) is 1. The Bertz CT molecular complexity index is 397. The predicted molar refractivity (Wildman–Crippen MR) is 62.7 cm³/mol. The van der Waals surface area contributed by atoms with Gasteiger partial charge in [-0.25, -0.2) is 0 Å². The average molecular weight is 261 g/mol. The van der Waals surface area contributed by atoms with Gasteiger partial charge in [-0.2, -0.15) is 13.2 Å². The molecule has 1 aromatic rings. The van der Waals surface area contributed by atoms with Gasteiger partial charge in [0.1, 0.15) is 0 Å². The molecule has 2 N–H and O–H groups in total. The topological polar surface area (TPSA) is 26.0 Å². The van der Waals surface area contributed by atoms with Crippen LogP contribution in [-0.2, 0) is 5.54 Å². The molecule has 0 aliphatic heterocycles. The lowest BCUT2D eigenvalue weighted by molar-refractivity contribution is -0.0328. The normalized spacial score (nSPS) is 19.5. The van der Waals surface area contributed by atoms with Crippen molar-refractivity contribution in [3.8, 4) is 0 Å². The summed E-state index contributed by atoms with van der Waals surface area (Å²) < 4.78 is 36.8. The Morgan fingerprint density at radius 2 is 1.82 bits per heavy atom. The second-order valence-corrected chi connectivity index (χ2v) is 5.58. The molecule has 1 aromatic carbocycles. The molecule has 0 atom stereocenters. The standard InChI is InChI=1S/C12H14F3NS/c13-12(14,15)17-10-5-3-4-9(8-10)11(16)6-1-2-7-11/h3-5,8H,1-2,6-7,16H2. The molecule has 0 unspecified atom stereocenters. The molecule has 0 spiro atoms. The van der Waals surface area contributed by atoms with Crippen LogP contribution in [0.15, 0.2) is 29.2 Å². The first-order chi connectivity index (χ1) is 7.89. The molecule has 2 rings (SSSR count). The Kier molecular flexibility index (Phi) is 3.41. The Morgan fingerprint density at radius 3 is 2.41 bits per heavy atom. The summed E-state index contributed by atoms with van der Waals surface area (Å²) in [7, 11) is 0. The van der Waals surface area contributed by atoms with Crippen LogP contribution in [0.25, 0.3) is 0 Å². The number of thioether (sulfide) groups is 1. The molecule has 5 heteroatoms. The number of halogens is 3. The minimum atomic E-state index is -4.24. The SMILES string of the molecule is NC1(c2cccc(SC(F)(F)F)c2)CCCC1. The third kappa shape index (κ3) is 3.16. The van der Waals surface area contributed by atoms with E-state index in [0.717, 1.165) is 31.2 Å². The first-order valence-corrected chi connectivity index (χ1v) is 6.36. The molecule has 0 saturated heterocycles. The van der Waals surface area contributed by atoms with Crippen molar-refractivity contribution in [3.05, 3.63) is 29.8 Å². The largest absolute Gasteiger partial charge is 0.446 e. The molecule has 0 heterocycles. The number of hydrogen-bond donors (Lipinski definition) is 1. The Hall–Kier alpha value is -0.680. The first-order valence-electron chi connectivity index (χ1n) is 5.54. The molecular weight excluding hydrogens is 247 g/mol. The van der Waals surface area contributed by atoms with Crippen molar-refractivity contribution in [2.75, 3.05) is 0 Å². The van der Waals surface area contributed by atoms with Crippen LogP contribution >= 0.6 is 11.8 Å². The Morgan fingerprint density at radius 1 is 1.18 bits per heavy atom. The Balaban J connectivity index is 2.22. The van der Waals surface area contributed by atoms with Gasteiger partial charge < -0.3 is 5.73 Å². The predicted octanol–water partition coefficient (Wildman–Crippen LogP) is 4.03. The quantitative estimate of drug-likeness (QED) is 0.813. The highest BCUT2D eigenvalue weighted by atomic mass is 32.2. The van der Waals surface area contributed by atoms with Crippen molar-refractivity contribution in [2.45, 2.75) is 41.6 Å². The number of alkyl halides is 3. The van der Waals surface area contributed by atoms with Crippen molar-refractivity contribution >= 4 is 11.8 Å². The molecule has 0 aromatic heterocycles. The lowest BCUT2D eigenvalue weighted by atomic mass is 9.90. The van der Waals surface area contributed by atoms with E-state index in [2.05, 4.69) is 0 Å². The van der Waals surface area contributed by atoms with Crippen molar-refractivity contribution in [3.63, 3.8) is 0 Å². The van der Waals surface area contributed by atoms with Gasteiger partial charge in [0.2, 0.25) is 0 Å². The smallest absolute Gasteiger partial charge is 0.321 e. The molecule has 1 fully saturated rings. The molecule has 17 heavy (non-hydrogen) atoms. The molecule has 1 nitrogen and oxygen atoms in total. The molecule has 0 radical (unpaired) electrons. The maximum absolute atomic E-state index is 12.3. The fourth-order valence-corrected chi connectivity index (χ4v) is 2.90. The van der Waals surface area contributed by atoms with Gasteiger partial charge in [0, 0.05) is 10.4 Å². The first kappa shape index (κ1) is 12.8. The zero-order valence-electron chi connectivity index (χ0n) is 9.26. The summed E-state index contributed by atoms with van der Waals surface area (Å²) >= 11 is -0.0832. The van der Waals surface area contributed by atoms with E-state index in [0.29, 0.717) is 0 Å². The van der Waals surface area contributed by atoms with Crippen molar-refractivity contribution < 1.29 is 13.2 Å². The van der Waals surface area contributed by atoms with Gasteiger partial charge in [-0.1, -0.05) is 25.0 Å². The van der Waals surface area contributed by atoms with E-state index >= 15 is 0 Å². The van der Waals surface area contributed by atoms with Gasteiger partial charge >= 0.3 is 5.51 Å². The van der Waals surface area contributed by atoms with E-state index < -0.39 is 11.0 Å². The highest BCUT2D eigenvalue weighted by Crippen LogP contribution is 2.40. The molecular formula is C12H14F3NS. The molecule has 1 aliphatic carbocycles. The zero-order valence-corrected chi connectivity index (χ0v) is 10.1. The van der Waals surface area contributed by atoms with Crippen molar-refractivity contribution in [1.82, 2.24) is 0 Å². The number of benzene rings is 1. The lowest BCUT2D eigenvalue weighted by Gasteiger charge is -2.24. The molecule has 0 amide bonds. The van der Waals surface area contributed by atoms with Gasteiger partial charge in [0.15, 0.2) is 0 Å². The maximum Gasteiger partial charge on any atom is 0.446 e. The molecule has 94 valence electrons. The minimum Gasteiger partial charge on any atom is -0.321 e. The van der Waals surface area contributed by atoms with Crippen molar-refractivity contribution in [2.24, 2.45) is 5.73 Å². The lowest BCUT2D eigenvalue weighted by Crippen LogP contribution is -2.33. The molecule has 0 bridgehead atoms. The highest BCUT2D eigenvalue weighted by molar-refractivity contribution is 8.00. The third-order valence-corrected chi connectivity index (χ3v) is 3.86. The van der Waals surface area contributed by atoms with Crippen LogP contribution < -0.4 is 5.73 Å². The summed E-state index contributed by atoms with van der Waals surface area (Å²) in [5, 5.41) is 0. The minimum absolute atomic E-state index is 0.0832. The van der Waals surface area contributed by atoms with Gasteiger partial charge in [-0.3, -0.25) is 0 Å². The van der Waals surface area contributed by atoms with Crippen LogP contribution in [0.1, 0.15) is 31.2 Å². The monoisotopic (exact) mass is 261 g/mol. The summed E-state index contributed by atoms with van der Waals surface area (Å²) in [6, 6.07) is 6.52. The molecule has 1 saturated carbocycles. The van der Waals surface area contributed by atoms with Crippen LogP contribution in [0.4, 0.5) is 13.2 Å². The van der Waals surface area contributed by atoms with E-state index in [9.17, 15) is 13.2 Å². The van der Waals surface area contributed by atoms with Crippen LogP contribution in [0.5, 0.6) is 0 Å². The highest BCUT2D eigenvalue weighted by Gasteiger charge is 2.33. The van der Waals surface area contributed by atoms with Crippen LogP contribution in [-0.4, -0.2) is 5.51 Å². The number of rotatable bonds is 2. The summed E-state index contributed by atoms with van der Waals surface area (Å²) in [5.74, 6) is 0. The number of hydrogen-bond acceptors (Lipinski definition) is 2. The van der Waals surface area contributed by atoms with E-state index in [4.69, 9.17) is 5.73 Å². The van der Waals surface area contributed by atoms with E-state index in [1.165, 1.54) is 6.07 Å². The van der Waals surface area contributed by atoms with Crippen LogP contribution in [0.2, 0.25) is 0 Å². The second-order valence-electron chi connectivity index (χ2n) is 4.44. The Labute approximate surface area is 103 Å². The summed E-state index contributed by atoms with van der Waals surface area (Å²) in [6.45, 7) is 0.